The van der Waals surface area contributed by atoms with Gasteiger partial charge in [0.25, 0.3) is 11.5 Å². The standard InChI is InChI=1S/C20H22N4O3/c1-13-9-18-21-17(10-19(25)24(18)22-13)16-7-8-23(11-16)20(26)15-5-3-14(4-6-15)12-27-2/h3-6,9-10,16,22H,7-8,11-12H2,1-2H3. The molecule has 1 aromatic carbocycles. The molecule has 4 rings (SSSR count). The minimum absolute atomic E-state index is 0.0109. The van der Waals surface area contributed by atoms with E-state index < -0.39 is 0 Å². The molecule has 0 spiro atoms. The van der Waals surface area contributed by atoms with Gasteiger partial charge in [0.05, 0.1) is 12.3 Å². The fraction of sp³-hybridized carbons (Fsp3) is 0.350. The third-order valence-corrected chi connectivity index (χ3v) is 5.00. The fourth-order valence-corrected chi connectivity index (χ4v) is 3.62. The summed E-state index contributed by atoms with van der Waals surface area (Å²) in [6, 6.07) is 10.9. The number of hydrogen-bond acceptors (Lipinski definition) is 4. The lowest BCUT2D eigenvalue weighted by molar-refractivity contribution is 0.0790. The van der Waals surface area contributed by atoms with Gasteiger partial charge in [-0.1, -0.05) is 12.1 Å². The molecule has 1 aliphatic rings. The SMILES string of the molecule is COCc1ccc(C(=O)N2CCC(c3cc(=O)n4[nH]c(C)cc4n3)C2)cc1. The van der Waals surface area contributed by atoms with Crippen molar-refractivity contribution in [3.8, 4) is 0 Å². The minimum atomic E-state index is -0.124. The first-order valence-electron chi connectivity index (χ1n) is 9.01. The summed E-state index contributed by atoms with van der Waals surface area (Å²) in [5.41, 5.74) is 3.84. The van der Waals surface area contributed by atoms with E-state index in [9.17, 15) is 9.59 Å². The van der Waals surface area contributed by atoms with Crippen molar-refractivity contribution >= 4 is 11.6 Å². The van der Waals surface area contributed by atoms with Gasteiger partial charge in [-0.05, 0) is 31.0 Å². The van der Waals surface area contributed by atoms with Gasteiger partial charge in [-0.25, -0.2) is 9.50 Å². The van der Waals surface area contributed by atoms with Crippen molar-refractivity contribution < 1.29 is 9.53 Å². The lowest BCUT2D eigenvalue weighted by Gasteiger charge is -2.17. The predicted octanol–water partition coefficient (Wildman–Crippen LogP) is 2.11. The third-order valence-electron chi connectivity index (χ3n) is 5.00. The molecule has 1 amide bonds. The van der Waals surface area contributed by atoms with Crippen molar-refractivity contribution in [2.24, 2.45) is 0 Å². The number of fused-ring (bicyclic) bond motifs is 1. The van der Waals surface area contributed by atoms with Gasteiger partial charge in [0.15, 0.2) is 5.65 Å². The highest BCUT2D eigenvalue weighted by atomic mass is 16.5. The van der Waals surface area contributed by atoms with Gasteiger partial charge < -0.3 is 9.64 Å². The third kappa shape index (κ3) is 3.38. The number of rotatable bonds is 4. The van der Waals surface area contributed by atoms with Crippen LogP contribution in [0.1, 0.15) is 39.6 Å². The molecule has 140 valence electrons. The highest BCUT2D eigenvalue weighted by molar-refractivity contribution is 5.94. The number of H-pyrrole nitrogens is 1. The van der Waals surface area contributed by atoms with Crippen LogP contribution in [0.15, 0.2) is 41.2 Å². The summed E-state index contributed by atoms with van der Waals surface area (Å²) in [4.78, 5) is 31.5. The maximum absolute atomic E-state index is 12.8. The minimum Gasteiger partial charge on any atom is -0.380 e. The second-order valence-corrected chi connectivity index (χ2v) is 7.02. The molecule has 0 aliphatic carbocycles. The van der Waals surface area contributed by atoms with Gasteiger partial charge in [0.2, 0.25) is 0 Å². The van der Waals surface area contributed by atoms with Gasteiger partial charge in [0, 0.05) is 49.5 Å². The van der Waals surface area contributed by atoms with Crippen LogP contribution in [0.2, 0.25) is 0 Å². The summed E-state index contributed by atoms with van der Waals surface area (Å²) >= 11 is 0. The Morgan fingerprint density at radius 1 is 1.30 bits per heavy atom. The second-order valence-electron chi connectivity index (χ2n) is 7.02. The number of nitrogens with zero attached hydrogens (tertiary/aromatic N) is 3. The predicted molar refractivity (Wildman–Crippen MR) is 101 cm³/mol. The van der Waals surface area contributed by atoms with E-state index in [0.717, 1.165) is 23.4 Å². The van der Waals surface area contributed by atoms with Crippen LogP contribution in [0.25, 0.3) is 5.65 Å². The smallest absolute Gasteiger partial charge is 0.272 e. The second kappa shape index (κ2) is 7.00. The zero-order valence-corrected chi connectivity index (χ0v) is 15.4. The van der Waals surface area contributed by atoms with Crippen LogP contribution >= 0.6 is 0 Å². The van der Waals surface area contributed by atoms with E-state index in [1.807, 2.05) is 42.2 Å². The molecule has 0 saturated carbocycles. The van der Waals surface area contributed by atoms with E-state index in [1.54, 1.807) is 13.2 Å². The molecule has 1 aliphatic heterocycles. The molecule has 0 radical (unpaired) electrons. The van der Waals surface area contributed by atoms with Crippen molar-refractivity contribution in [3.05, 3.63) is 69.3 Å². The summed E-state index contributed by atoms with van der Waals surface area (Å²) in [5.74, 6) is 0.0892. The Bertz CT molecular complexity index is 1040. The lowest BCUT2D eigenvalue weighted by atomic mass is 10.0. The van der Waals surface area contributed by atoms with E-state index in [2.05, 4.69) is 10.1 Å². The quantitative estimate of drug-likeness (QED) is 0.767. The summed E-state index contributed by atoms with van der Waals surface area (Å²) in [5, 5.41) is 2.97. The van der Waals surface area contributed by atoms with Crippen molar-refractivity contribution in [1.82, 2.24) is 19.5 Å². The lowest BCUT2D eigenvalue weighted by Crippen LogP contribution is -2.28. The molecular formula is C20H22N4O3. The monoisotopic (exact) mass is 366 g/mol. The van der Waals surface area contributed by atoms with Crippen LogP contribution in [0, 0.1) is 6.92 Å². The first-order chi connectivity index (χ1) is 13.0. The molecular weight excluding hydrogens is 344 g/mol. The number of amides is 1. The zero-order chi connectivity index (χ0) is 19.0. The summed E-state index contributed by atoms with van der Waals surface area (Å²) in [6.07, 6.45) is 0.805. The number of aromatic nitrogens is 3. The van der Waals surface area contributed by atoms with E-state index >= 15 is 0 Å². The maximum atomic E-state index is 12.8. The molecule has 7 nitrogen and oxygen atoms in total. The summed E-state index contributed by atoms with van der Waals surface area (Å²) < 4.78 is 6.54. The largest absolute Gasteiger partial charge is 0.380 e. The van der Waals surface area contributed by atoms with Crippen LogP contribution in [0.4, 0.5) is 0 Å². The number of likely N-dealkylation sites (tertiary alicyclic amines) is 1. The van der Waals surface area contributed by atoms with Crippen LogP contribution < -0.4 is 5.56 Å². The number of hydrogen-bond donors (Lipinski definition) is 1. The van der Waals surface area contributed by atoms with Crippen LogP contribution in [-0.4, -0.2) is 45.6 Å². The summed E-state index contributed by atoms with van der Waals surface area (Å²) in [7, 11) is 1.65. The normalized spacial score (nSPS) is 17.0. The maximum Gasteiger partial charge on any atom is 0.272 e. The highest BCUT2D eigenvalue weighted by Gasteiger charge is 2.29. The molecule has 27 heavy (non-hydrogen) atoms. The van der Waals surface area contributed by atoms with Crippen LogP contribution in [0.5, 0.6) is 0 Å². The topological polar surface area (TPSA) is 79.7 Å². The Balaban J connectivity index is 1.51. The molecule has 1 unspecified atom stereocenters. The van der Waals surface area contributed by atoms with Gasteiger partial charge >= 0.3 is 0 Å². The Hall–Kier alpha value is -2.93. The van der Waals surface area contributed by atoms with Crippen molar-refractivity contribution in [1.29, 1.82) is 0 Å². The highest BCUT2D eigenvalue weighted by Crippen LogP contribution is 2.26. The molecule has 7 heteroatoms. The Morgan fingerprint density at radius 2 is 2.07 bits per heavy atom. The van der Waals surface area contributed by atoms with Crippen molar-refractivity contribution in [2.45, 2.75) is 25.9 Å². The summed E-state index contributed by atoms with van der Waals surface area (Å²) in [6.45, 7) is 3.66. The number of ether oxygens (including phenoxy) is 1. The average Bonchev–Trinajstić information content (AvgIpc) is 3.28. The number of benzene rings is 1. The number of methoxy groups -OCH3 is 1. The van der Waals surface area contributed by atoms with Crippen molar-refractivity contribution in [3.63, 3.8) is 0 Å². The first-order valence-corrected chi connectivity index (χ1v) is 9.01. The first kappa shape index (κ1) is 17.5. The Labute approximate surface area is 156 Å². The number of nitrogens with one attached hydrogen (secondary N) is 1. The molecule has 1 saturated heterocycles. The molecule has 1 fully saturated rings. The Morgan fingerprint density at radius 3 is 2.81 bits per heavy atom. The van der Waals surface area contributed by atoms with Crippen LogP contribution in [0.3, 0.4) is 0 Å². The molecule has 1 N–H and O–H groups in total. The molecule has 3 aromatic rings. The molecule has 2 aromatic heterocycles. The fourth-order valence-electron chi connectivity index (χ4n) is 3.62. The van der Waals surface area contributed by atoms with Crippen molar-refractivity contribution in [2.75, 3.05) is 20.2 Å². The number of carbonyl (C=O) groups excluding carboxylic acids is 1. The zero-order valence-electron chi connectivity index (χ0n) is 15.4. The number of aromatic amines is 1. The van der Waals surface area contributed by atoms with Gasteiger partial charge in [0.1, 0.15) is 0 Å². The molecule has 0 bridgehead atoms. The number of carbonyl (C=O) groups is 1. The van der Waals surface area contributed by atoms with E-state index in [1.165, 1.54) is 4.52 Å². The van der Waals surface area contributed by atoms with Gasteiger partial charge in [-0.15, -0.1) is 0 Å². The average molecular weight is 366 g/mol. The van der Waals surface area contributed by atoms with E-state index in [0.29, 0.717) is 30.9 Å². The van der Waals surface area contributed by atoms with Gasteiger partial charge in [-0.2, -0.15) is 0 Å². The van der Waals surface area contributed by atoms with E-state index in [-0.39, 0.29) is 17.4 Å². The van der Waals surface area contributed by atoms with Gasteiger partial charge in [-0.3, -0.25) is 14.7 Å². The Kier molecular flexibility index (Phi) is 4.53. The molecule has 3 heterocycles. The van der Waals surface area contributed by atoms with Crippen LogP contribution in [-0.2, 0) is 11.3 Å². The molecule has 1 atom stereocenters. The van der Waals surface area contributed by atoms with E-state index in [4.69, 9.17) is 4.74 Å². The number of aryl methyl sites for hydroxylation is 1.